The fourth-order valence-corrected chi connectivity index (χ4v) is 2.09. The fourth-order valence-electron chi connectivity index (χ4n) is 1.70. The highest BCUT2D eigenvalue weighted by Gasteiger charge is 2.12. The lowest BCUT2D eigenvalue weighted by Gasteiger charge is -2.11. The van der Waals surface area contributed by atoms with Crippen molar-refractivity contribution in [2.75, 3.05) is 11.9 Å². The van der Waals surface area contributed by atoms with Crippen LogP contribution in [0.1, 0.15) is 0 Å². The fraction of sp³-hybridized carbons (Fsp3) is 0.0667. The SMILES string of the molecule is O=C(COc1ccccc1)NC(=S)Nc1cc([N+](=O)[O-])ccc1Cl. The zero-order valence-electron chi connectivity index (χ0n) is 12.2. The van der Waals surface area contributed by atoms with Gasteiger partial charge in [0.25, 0.3) is 11.6 Å². The molecule has 7 nitrogen and oxygen atoms in total. The summed E-state index contributed by atoms with van der Waals surface area (Å²) < 4.78 is 5.28. The van der Waals surface area contributed by atoms with Crippen LogP contribution in [-0.4, -0.2) is 22.5 Å². The van der Waals surface area contributed by atoms with Crippen LogP contribution in [0.25, 0.3) is 0 Å². The number of rotatable bonds is 5. The van der Waals surface area contributed by atoms with Crippen LogP contribution in [0.5, 0.6) is 5.75 Å². The number of carbonyl (C=O) groups is 1. The first-order valence-electron chi connectivity index (χ1n) is 6.68. The molecular weight excluding hydrogens is 354 g/mol. The molecule has 0 heterocycles. The summed E-state index contributed by atoms with van der Waals surface area (Å²) in [5.41, 5.74) is 0.0728. The summed E-state index contributed by atoms with van der Waals surface area (Å²) >= 11 is 10.9. The van der Waals surface area contributed by atoms with Gasteiger partial charge in [-0.25, -0.2) is 0 Å². The van der Waals surface area contributed by atoms with Crippen LogP contribution in [0.15, 0.2) is 48.5 Å². The lowest BCUT2D eigenvalue weighted by atomic mass is 10.3. The number of para-hydroxylation sites is 1. The van der Waals surface area contributed by atoms with Gasteiger partial charge in [0.05, 0.1) is 15.6 Å². The maximum absolute atomic E-state index is 11.8. The normalized spacial score (nSPS) is 9.88. The van der Waals surface area contributed by atoms with Crippen LogP contribution in [0.3, 0.4) is 0 Å². The summed E-state index contributed by atoms with van der Waals surface area (Å²) in [6, 6.07) is 12.7. The van der Waals surface area contributed by atoms with E-state index in [1.165, 1.54) is 18.2 Å². The highest BCUT2D eigenvalue weighted by molar-refractivity contribution is 7.80. The van der Waals surface area contributed by atoms with Gasteiger partial charge in [-0.1, -0.05) is 29.8 Å². The number of nitro benzene ring substituents is 1. The van der Waals surface area contributed by atoms with Gasteiger partial charge in [0.15, 0.2) is 11.7 Å². The molecule has 0 fully saturated rings. The number of hydrogen-bond acceptors (Lipinski definition) is 5. The van der Waals surface area contributed by atoms with Crippen LogP contribution < -0.4 is 15.4 Å². The summed E-state index contributed by atoms with van der Waals surface area (Å²) in [6.45, 7) is -0.228. The number of nitrogens with one attached hydrogen (secondary N) is 2. The monoisotopic (exact) mass is 365 g/mol. The second-order valence-electron chi connectivity index (χ2n) is 4.53. The summed E-state index contributed by atoms with van der Waals surface area (Å²) in [6.07, 6.45) is 0. The van der Waals surface area contributed by atoms with Gasteiger partial charge in [0, 0.05) is 12.1 Å². The van der Waals surface area contributed by atoms with Crippen LogP contribution in [0.2, 0.25) is 5.02 Å². The van der Waals surface area contributed by atoms with Crippen molar-refractivity contribution in [3.63, 3.8) is 0 Å². The van der Waals surface area contributed by atoms with E-state index in [1.54, 1.807) is 24.3 Å². The number of ether oxygens (including phenoxy) is 1. The van der Waals surface area contributed by atoms with Gasteiger partial charge in [0.2, 0.25) is 0 Å². The smallest absolute Gasteiger partial charge is 0.271 e. The van der Waals surface area contributed by atoms with E-state index in [2.05, 4.69) is 10.6 Å². The quantitative estimate of drug-likeness (QED) is 0.480. The molecule has 24 heavy (non-hydrogen) atoms. The van der Waals surface area contributed by atoms with E-state index >= 15 is 0 Å². The molecule has 0 atom stereocenters. The van der Waals surface area contributed by atoms with Crippen LogP contribution >= 0.6 is 23.8 Å². The number of thiocarbonyl (C=S) groups is 1. The summed E-state index contributed by atoms with van der Waals surface area (Å²) in [7, 11) is 0. The van der Waals surface area contributed by atoms with Gasteiger partial charge in [-0.15, -0.1) is 0 Å². The van der Waals surface area contributed by atoms with Crippen molar-refractivity contribution in [3.05, 3.63) is 63.7 Å². The second-order valence-corrected chi connectivity index (χ2v) is 5.34. The molecule has 0 aromatic heterocycles. The minimum atomic E-state index is -0.559. The number of halogens is 1. The molecular formula is C15H12ClN3O4S. The molecule has 9 heteroatoms. The number of amides is 1. The molecule has 0 saturated heterocycles. The third-order valence-electron chi connectivity index (χ3n) is 2.78. The van der Waals surface area contributed by atoms with Gasteiger partial charge in [0.1, 0.15) is 5.75 Å². The Morgan fingerprint density at radius 3 is 2.62 bits per heavy atom. The topological polar surface area (TPSA) is 93.5 Å². The molecule has 2 rings (SSSR count). The Balaban J connectivity index is 1.90. The summed E-state index contributed by atoms with van der Waals surface area (Å²) in [5.74, 6) is 0.0752. The van der Waals surface area contributed by atoms with E-state index in [-0.39, 0.29) is 28.1 Å². The average Bonchev–Trinajstić information content (AvgIpc) is 2.55. The van der Waals surface area contributed by atoms with Gasteiger partial charge in [-0.3, -0.25) is 20.2 Å². The highest BCUT2D eigenvalue weighted by atomic mass is 35.5. The molecule has 2 N–H and O–H groups in total. The lowest BCUT2D eigenvalue weighted by Crippen LogP contribution is -2.37. The van der Waals surface area contributed by atoms with E-state index in [4.69, 9.17) is 28.6 Å². The van der Waals surface area contributed by atoms with Gasteiger partial charge >= 0.3 is 0 Å². The Kier molecular flexibility index (Phi) is 6.05. The predicted octanol–water partition coefficient (Wildman–Crippen LogP) is 3.14. The first kappa shape index (κ1) is 17.6. The highest BCUT2D eigenvalue weighted by Crippen LogP contribution is 2.26. The zero-order chi connectivity index (χ0) is 17.5. The van der Waals surface area contributed by atoms with Gasteiger partial charge < -0.3 is 10.1 Å². The third-order valence-corrected chi connectivity index (χ3v) is 3.31. The molecule has 1 amide bonds. The molecule has 0 saturated carbocycles. The van der Waals surface area contributed by atoms with Crippen molar-refractivity contribution in [1.29, 1.82) is 0 Å². The number of non-ortho nitro benzene ring substituents is 1. The van der Waals surface area contributed by atoms with Crippen molar-refractivity contribution >= 4 is 46.2 Å². The van der Waals surface area contributed by atoms with Gasteiger partial charge in [-0.05, 0) is 30.4 Å². The minimum Gasteiger partial charge on any atom is -0.484 e. The Morgan fingerprint density at radius 2 is 1.96 bits per heavy atom. The van der Waals surface area contributed by atoms with Crippen molar-refractivity contribution in [3.8, 4) is 5.75 Å². The molecule has 2 aromatic carbocycles. The van der Waals surface area contributed by atoms with E-state index < -0.39 is 10.8 Å². The number of nitrogens with zero attached hydrogens (tertiary/aromatic N) is 1. The van der Waals surface area contributed by atoms with E-state index in [0.29, 0.717) is 5.75 Å². The molecule has 0 bridgehead atoms. The molecule has 0 unspecified atom stereocenters. The maximum Gasteiger partial charge on any atom is 0.271 e. The van der Waals surface area contributed by atoms with Crippen molar-refractivity contribution < 1.29 is 14.5 Å². The molecule has 0 spiro atoms. The third kappa shape index (κ3) is 5.18. The molecule has 2 aromatic rings. The maximum atomic E-state index is 11.8. The lowest BCUT2D eigenvalue weighted by molar-refractivity contribution is -0.384. The molecule has 124 valence electrons. The van der Waals surface area contributed by atoms with Gasteiger partial charge in [-0.2, -0.15) is 0 Å². The molecule has 0 radical (unpaired) electrons. The number of benzene rings is 2. The van der Waals surface area contributed by atoms with E-state index in [9.17, 15) is 14.9 Å². The number of nitro groups is 1. The standard InChI is InChI=1S/C15H12ClN3O4S/c16-12-7-6-10(19(21)22)8-13(12)17-15(24)18-14(20)9-23-11-4-2-1-3-5-11/h1-8H,9H2,(H2,17,18,20,24). The van der Waals surface area contributed by atoms with Crippen LogP contribution in [0.4, 0.5) is 11.4 Å². The Bertz CT molecular complexity index is 771. The summed E-state index contributed by atoms with van der Waals surface area (Å²) in [5, 5.41) is 16.0. The molecule has 0 aliphatic rings. The molecule has 0 aliphatic heterocycles. The largest absolute Gasteiger partial charge is 0.484 e. The summed E-state index contributed by atoms with van der Waals surface area (Å²) in [4.78, 5) is 22.0. The van der Waals surface area contributed by atoms with Crippen molar-refractivity contribution in [1.82, 2.24) is 5.32 Å². The number of hydrogen-bond donors (Lipinski definition) is 2. The number of carbonyl (C=O) groups excluding carboxylic acids is 1. The average molecular weight is 366 g/mol. The van der Waals surface area contributed by atoms with Crippen molar-refractivity contribution in [2.24, 2.45) is 0 Å². The Morgan fingerprint density at radius 1 is 1.25 bits per heavy atom. The zero-order valence-corrected chi connectivity index (χ0v) is 13.8. The second kappa shape index (κ2) is 8.23. The first-order valence-corrected chi connectivity index (χ1v) is 7.47. The Labute approximate surface area is 147 Å². The van der Waals surface area contributed by atoms with Crippen molar-refractivity contribution in [2.45, 2.75) is 0 Å². The number of anilines is 1. The van der Waals surface area contributed by atoms with E-state index in [1.807, 2.05) is 6.07 Å². The van der Waals surface area contributed by atoms with Crippen LogP contribution in [-0.2, 0) is 4.79 Å². The van der Waals surface area contributed by atoms with Crippen LogP contribution in [0, 0.1) is 10.1 Å². The van der Waals surface area contributed by atoms with E-state index in [0.717, 1.165) is 0 Å². The molecule has 0 aliphatic carbocycles. The minimum absolute atomic E-state index is 0.0425. The Hall–Kier alpha value is -2.71. The first-order chi connectivity index (χ1) is 11.5. The predicted molar refractivity (Wildman–Crippen MR) is 94.4 cm³/mol.